The molecule has 1 aromatic rings. The van der Waals surface area contributed by atoms with Crippen LogP contribution in [0.4, 0.5) is 0 Å². The molecule has 2 nitrogen and oxygen atoms in total. The summed E-state index contributed by atoms with van der Waals surface area (Å²) >= 11 is -0.0286. The molecule has 0 saturated heterocycles. The SMILES string of the molecule is O=S([O-])c1cccc(I)c1.[Na+]. The topological polar surface area (TPSA) is 40.1 Å². The van der Waals surface area contributed by atoms with E-state index in [1.54, 1.807) is 18.2 Å². The van der Waals surface area contributed by atoms with Crippen molar-refractivity contribution in [1.82, 2.24) is 0 Å². The first kappa shape index (κ1) is 12.1. The molecule has 1 unspecified atom stereocenters. The summed E-state index contributed by atoms with van der Waals surface area (Å²) in [5.41, 5.74) is 0. The summed E-state index contributed by atoms with van der Waals surface area (Å²) in [5.74, 6) is 0. The predicted octanol–water partition coefficient (Wildman–Crippen LogP) is -1.47. The number of benzene rings is 1. The third kappa shape index (κ3) is 4.00. The second kappa shape index (κ2) is 5.66. The van der Waals surface area contributed by atoms with E-state index in [0.29, 0.717) is 4.90 Å². The molecule has 0 aliphatic rings. The molecule has 0 aliphatic heterocycles. The van der Waals surface area contributed by atoms with E-state index in [4.69, 9.17) is 0 Å². The van der Waals surface area contributed by atoms with Gasteiger partial charge in [0.1, 0.15) is 0 Å². The average molecular weight is 290 g/mol. The second-order valence-corrected chi connectivity index (χ2v) is 3.88. The van der Waals surface area contributed by atoms with Gasteiger partial charge in [-0.05, 0) is 51.9 Å². The van der Waals surface area contributed by atoms with E-state index >= 15 is 0 Å². The van der Waals surface area contributed by atoms with Crippen LogP contribution in [0.3, 0.4) is 0 Å². The third-order valence-electron chi connectivity index (χ3n) is 0.989. The zero-order valence-corrected chi connectivity index (χ0v) is 10.9. The zero-order chi connectivity index (χ0) is 7.56. The summed E-state index contributed by atoms with van der Waals surface area (Å²) in [7, 11) is 0. The van der Waals surface area contributed by atoms with Crippen molar-refractivity contribution in [3.8, 4) is 0 Å². The van der Waals surface area contributed by atoms with Crippen LogP contribution in [0.15, 0.2) is 29.2 Å². The minimum Gasteiger partial charge on any atom is -0.768 e. The number of rotatable bonds is 1. The van der Waals surface area contributed by atoms with Gasteiger partial charge in [0, 0.05) is 8.47 Å². The normalized spacial score (nSPS) is 11.8. The summed E-state index contributed by atoms with van der Waals surface area (Å²) < 4.78 is 21.6. The van der Waals surface area contributed by atoms with Gasteiger partial charge in [0.15, 0.2) is 0 Å². The molecule has 0 aliphatic carbocycles. The zero-order valence-electron chi connectivity index (χ0n) is 5.91. The van der Waals surface area contributed by atoms with Crippen LogP contribution in [-0.4, -0.2) is 8.76 Å². The smallest absolute Gasteiger partial charge is 0.768 e. The van der Waals surface area contributed by atoms with Gasteiger partial charge in [-0.2, -0.15) is 0 Å². The van der Waals surface area contributed by atoms with Gasteiger partial charge >= 0.3 is 29.6 Å². The standard InChI is InChI=1S/C6H5IO2S.Na/c7-5-2-1-3-6(4-5)10(8)9;/h1-4H,(H,8,9);/q;+1/p-1. The summed E-state index contributed by atoms with van der Waals surface area (Å²) in [6, 6.07) is 6.73. The van der Waals surface area contributed by atoms with E-state index < -0.39 is 11.1 Å². The Hall–Kier alpha value is 1.06. The number of hydrogen-bond acceptors (Lipinski definition) is 2. The first-order chi connectivity index (χ1) is 4.70. The molecule has 1 atom stereocenters. The van der Waals surface area contributed by atoms with Crippen LogP contribution >= 0.6 is 22.6 Å². The molecule has 0 saturated carbocycles. The largest absolute Gasteiger partial charge is 1.00 e. The van der Waals surface area contributed by atoms with Gasteiger partial charge in [-0.25, -0.2) is 0 Å². The van der Waals surface area contributed by atoms with Crippen LogP contribution in [-0.2, 0) is 11.1 Å². The van der Waals surface area contributed by atoms with Crippen molar-refractivity contribution in [3.05, 3.63) is 27.8 Å². The Kier molecular flexibility index (Phi) is 6.21. The second-order valence-electron chi connectivity index (χ2n) is 1.69. The van der Waals surface area contributed by atoms with Gasteiger partial charge in [-0.15, -0.1) is 0 Å². The Morgan fingerprint density at radius 2 is 2.09 bits per heavy atom. The van der Waals surface area contributed by atoms with Crippen molar-refractivity contribution < 1.29 is 38.3 Å². The van der Waals surface area contributed by atoms with Gasteiger partial charge in [-0.3, -0.25) is 4.21 Å². The van der Waals surface area contributed by atoms with Gasteiger partial charge in [0.25, 0.3) is 0 Å². The Morgan fingerprint density at radius 3 is 2.45 bits per heavy atom. The first-order valence-corrected chi connectivity index (χ1v) is 4.70. The molecule has 1 aromatic carbocycles. The maximum Gasteiger partial charge on any atom is 1.00 e. The van der Waals surface area contributed by atoms with E-state index in [1.807, 2.05) is 6.07 Å². The Balaban J connectivity index is 0.000001000. The molecular formula is C6H4INaO2S. The monoisotopic (exact) mass is 290 g/mol. The molecule has 0 N–H and O–H groups in total. The molecule has 0 bridgehead atoms. The van der Waals surface area contributed by atoms with Gasteiger partial charge in [0.2, 0.25) is 0 Å². The fourth-order valence-electron chi connectivity index (χ4n) is 0.571. The molecule has 0 heterocycles. The Bertz CT molecular complexity index is 267. The van der Waals surface area contributed by atoms with Crippen molar-refractivity contribution in [2.24, 2.45) is 0 Å². The summed E-state index contributed by atoms with van der Waals surface area (Å²) in [4.78, 5) is 0.340. The van der Waals surface area contributed by atoms with E-state index in [0.717, 1.165) is 3.57 Å². The molecule has 0 aromatic heterocycles. The van der Waals surface area contributed by atoms with Crippen LogP contribution in [0, 0.1) is 3.57 Å². The van der Waals surface area contributed by atoms with Crippen LogP contribution in [0.1, 0.15) is 0 Å². The first-order valence-electron chi connectivity index (χ1n) is 2.55. The van der Waals surface area contributed by atoms with Crippen molar-refractivity contribution >= 4 is 33.7 Å². The van der Waals surface area contributed by atoms with Crippen molar-refractivity contribution in [3.63, 3.8) is 0 Å². The third-order valence-corrected chi connectivity index (χ3v) is 2.30. The molecule has 1 rings (SSSR count). The van der Waals surface area contributed by atoms with Gasteiger partial charge in [-0.1, -0.05) is 6.07 Å². The van der Waals surface area contributed by atoms with E-state index in [9.17, 15) is 8.76 Å². The molecule has 5 heteroatoms. The Morgan fingerprint density at radius 1 is 1.45 bits per heavy atom. The fourth-order valence-corrected chi connectivity index (χ4v) is 1.74. The molecule has 0 radical (unpaired) electrons. The average Bonchev–Trinajstić information content (AvgIpc) is 1.88. The van der Waals surface area contributed by atoms with Crippen LogP contribution in [0.5, 0.6) is 0 Å². The minimum absolute atomic E-state index is 0. The fraction of sp³-hybridized carbons (Fsp3) is 0. The predicted molar refractivity (Wildman–Crippen MR) is 46.3 cm³/mol. The molecular weight excluding hydrogens is 286 g/mol. The Labute approximate surface area is 103 Å². The summed E-state index contributed by atoms with van der Waals surface area (Å²) in [5, 5.41) is 0. The van der Waals surface area contributed by atoms with E-state index in [2.05, 4.69) is 22.6 Å². The van der Waals surface area contributed by atoms with Gasteiger partial charge in [0.05, 0.1) is 0 Å². The molecule has 11 heavy (non-hydrogen) atoms. The van der Waals surface area contributed by atoms with Gasteiger partial charge < -0.3 is 4.55 Å². The van der Waals surface area contributed by atoms with Crippen molar-refractivity contribution in [2.45, 2.75) is 4.90 Å². The molecule has 0 spiro atoms. The number of hydrogen-bond donors (Lipinski definition) is 0. The maximum atomic E-state index is 10.3. The molecule has 0 amide bonds. The van der Waals surface area contributed by atoms with E-state index in [1.165, 1.54) is 0 Å². The van der Waals surface area contributed by atoms with Crippen LogP contribution in [0.2, 0.25) is 0 Å². The van der Waals surface area contributed by atoms with E-state index in [-0.39, 0.29) is 29.6 Å². The number of halogens is 1. The molecule has 0 fully saturated rings. The summed E-state index contributed by atoms with van der Waals surface area (Å²) in [6.45, 7) is 0. The van der Waals surface area contributed by atoms with Crippen LogP contribution in [0.25, 0.3) is 0 Å². The summed E-state index contributed by atoms with van der Waals surface area (Å²) in [6.07, 6.45) is 0. The van der Waals surface area contributed by atoms with Crippen molar-refractivity contribution in [1.29, 1.82) is 0 Å². The quantitative estimate of drug-likeness (QED) is 0.360. The minimum atomic E-state index is -2.09. The maximum absolute atomic E-state index is 10.3. The van der Waals surface area contributed by atoms with Crippen molar-refractivity contribution in [2.75, 3.05) is 0 Å². The molecule has 54 valence electrons. The van der Waals surface area contributed by atoms with Crippen LogP contribution < -0.4 is 29.6 Å².